The quantitative estimate of drug-likeness (QED) is 0.924. The Morgan fingerprint density at radius 2 is 2.26 bits per heavy atom. The lowest BCUT2D eigenvalue weighted by Crippen LogP contribution is -2.50. The summed E-state index contributed by atoms with van der Waals surface area (Å²) in [4.78, 5) is 2.40. The van der Waals surface area contributed by atoms with Crippen LogP contribution in [0, 0.1) is 5.92 Å². The molecule has 1 N–H and O–H groups in total. The van der Waals surface area contributed by atoms with Crippen molar-refractivity contribution in [1.29, 1.82) is 0 Å². The van der Waals surface area contributed by atoms with Crippen molar-refractivity contribution in [1.82, 2.24) is 4.90 Å². The second-order valence-corrected chi connectivity index (χ2v) is 6.26. The Hall–Kier alpha value is -0.360. The van der Waals surface area contributed by atoms with Crippen LogP contribution in [-0.2, 0) is 11.3 Å². The molecule has 1 aromatic heterocycles. The van der Waals surface area contributed by atoms with E-state index in [1.807, 2.05) is 12.1 Å². The largest absolute Gasteiger partial charge is 0.453 e. The summed E-state index contributed by atoms with van der Waals surface area (Å²) in [7, 11) is 0. The van der Waals surface area contributed by atoms with Gasteiger partial charge < -0.3 is 14.3 Å². The first-order valence-electron chi connectivity index (χ1n) is 6.98. The summed E-state index contributed by atoms with van der Waals surface area (Å²) in [5, 5.41) is 10.1. The number of aliphatic hydroxyl groups is 1. The van der Waals surface area contributed by atoms with Gasteiger partial charge in [-0.05, 0) is 40.9 Å². The van der Waals surface area contributed by atoms with Crippen LogP contribution >= 0.6 is 15.9 Å². The number of furan rings is 1. The van der Waals surface area contributed by atoms with E-state index >= 15 is 0 Å². The number of nitrogens with zero attached hydrogens (tertiary/aromatic N) is 1. The Labute approximate surface area is 121 Å². The lowest BCUT2D eigenvalue weighted by Gasteiger charge is -2.39. The van der Waals surface area contributed by atoms with Gasteiger partial charge in [-0.25, -0.2) is 0 Å². The zero-order chi connectivity index (χ0) is 13.2. The summed E-state index contributed by atoms with van der Waals surface area (Å²) in [6, 6.07) is 4.24. The first-order chi connectivity index (χ1) is 9.24. The van der Waals surface area contributed by atoms with E-state index in [1.54, 1.807) is 0 Å². The summed E-state index contributed by atoms with van der Waals surface area (Å²) < 4.78 is 12.0. The van der Waals surface area contributed by atoms with Crippen LogP contribution in [0.2, 0.25) is 0 Å². The van der Waals surface area contributed by atoms with Gasteiger partial charge in [0.1, 0.15) is 5.76 Å². The topological polar surface area (TPSA) is 45.8 Å². The molecule has 0 radical (unpaired) electrons. The highest BCUT2D eigenvalue weighted by Gasteiger charge is 2.37. The van der Waals surface area contributed by atoms with E-state index in [-0.39, 0.29) is 6.10 Å². The Morgan fingerprint density at radius 3 is 2.95 bits per heavy atom. The van der Waals surface area contributed by atoms with Crippen LogP contribution in [0.5, 0.6) is 0 Å². The van der Waals surface area contributed by atoms with E-state index < -0.39 is 0 Å². The Balaban J connectivity index is 1.70. The monoisotopic (exact) mass is 329 g/mol. The number of aliphatic hydroxyl groups excluding tert-OH is 1. The fourth-order valence-electron chi connectivity index (χ4n) is 3.30. The SMILES string of the molecule is O[C@@H]1CCC[C@@H]1[C@@H]1COCCN1Cc1ccc(Br)o1. The molecule has 4 nitrogen and oxygen atoms in total. The molecule has 2 fully saturated rings. The molecular formula is C14H20BrNO3. The van der Waals surface area contributed by atoms with Gasteiger partial charge in [0, 0.05) is 18.5 Å². The molecule has 0 amide bonds. The van der Waals surface area contributed by atoms with Gasteiger partial charge in [0.2, 0.25) is 0 Å². The molecule has 1 saturated carbocycles. The summed E-state index contributed by atoms with van der Waals surface area (Å²) in [6.07, 6.45) is 3.00. The fraction of sp³-hybridized carbons (Fsp3) is 0.714. The van der Waals surface area contributed by atoms with Crippen LogP contribution in [0.3, 0.4) is 0 Å². The maximum Gasteiger partial charge on any atom is 0.169 e. The Kier molecular flexibility index (Phi) is 4.27. The predicted molar refractivity (Wildman–Crippen MR) is 74.8 cm³/mol. The standard InChI is InChI=1S/C14H20BrNO3/c15-14-5-4-10(19-14)8-16-6-7-18-9-12(16)11-2-1-3-13(11)17/h4-5,11-13,17H,1-3,6-9H2/t11-,12+,13-/m1/s1. The van der Waals surface area contributed by atoms with Crippen molar-refractivity contribution in [3.05, 3.63) is 22.6 Å². The van der Waals surface area contributed by atoms with E-state index in [2.05, 4.69) is 20.8 Å². The van der Waals surface area contributed by atoms with E-state index in [1.165, 1.54) is 0 Å². The molecule has 1 aliphatic carbocycles. The molecule has 2 heterocycles. The van der Waals surface area contributed by atoms with Crippen LogP contribution < -0.4 is 0 Å². The van der Waals surface area contributed by atoms with Gasteiger partial charge in [-0.2, -0.15) is 0 Å². The van der Waals surface area contributed by atoms with Gasteiger partial charge in [0.25, 0.3) is 0 Å². The van der Waals surface area contributed by atoms with Crippen molar-refractivity contribution < 1.29 is 14.3 Å². The summed E-state index contributed by atoms with van der Waals surface area (Å²) >= 11 is 3.34. The molecule has 3 rings (SSSR count). The first-order valence-corrected chi connectivity index (χ1v) is 7.77. The number of ether oxygens (including phenoxy) is 1. The molecule has 1 saturated heterocycles. The molecular weight excluding hydrogens is 310 g/mol. The molecule has 5 heteroatoms. The van der Waals surface area contributed by atoms with Gasteiger partial charge in [0.05, 0.1) is 25.9 Å². The Morgan fingerprint density at radius 1 is 1.37 bits per heavy atom. The minimum Gasteiger partial charge on any atom is -0.453 e. The third-order valence-electron chi connectivity index (χ3n) is 4.29. The number of rotatable bonds is 3. The van der Waals surface area contributed by atoms with E-state index in [9.17, 15) is 5.11 Å². The first kappa shape index (κ1) is 13.6. The van der Waals surface area contributed by atoms with E-state index in [0.717, 1.165) is 56.0 Å². The average molecular weight is 330 g/mol. The van der Waals surface area contributed by atoms with Crippen molar-refractivity contribution in [2.24, 2.45) is 5.92 Å². The minimum atomic E-state index is -0.169. The van der Waals surface area contributed by atoms with Gasteiger partial charge in [-0.15, -0.1) is 0 Å². The molecule has 19 heavy (non-hydrogen) atoms. The van der Waals surface area contributed by atoms with E-state index in [0.29, 0.717) is 12.0 Å². The summed E-state index contributed by atoms with van der Waals surface area (Å²) in [6.45, 7) is 3.19. The maximum atomic E-state index is 10.1. The lowest BCUT2D eigenvalue weighted by atomic mass is 9.94. The highest BCUT2D eigenvalue weighted by molar-refractivity contribution is 9.10. The fourth-order valence-corrected chi connectivity index (χ4v) is 3.64. The van der Waals surface area contributed by atoms with Crippen LogP contribution in [0.1, 0.15) is 25.0 Å². The molecule has 2 aliphatic rings. The molecule has 0 aromatic carbocycles. The van der Waals surface area contributed by atoms with Gasteiger partial charge >= 0.3 is 0 Å². The molecule has 0 bridgehead atoms. The van der Waals surface area contributed by atoms with Gasteiger partial charge in [-0.3, -0.25) is 4.90 Å². The van der Waals surface area contributed by atoms with Crippen LogP contribution in [0.15, 0.2) is 21.2 Å². The average Bonchev–Trinajstić information content (AvgIpc) is 2.99. The van der Waals surface area contributed by atoms with Crippen molar-refractivity contribution >= 4 is 15.9 Å². The number of hydrogen-bond donors (Lipinski definition) is 1. The minimum absolute atomic E-state index is 0.169. The molecule has 0 unspecified atom stereocenters. The normalized spacial score (nSPS) is 32.8. The number of morpholine rings is 1. The second-order valence-electron chi connectivity index (χ2n) is 5.48. The van der Waals surface area contributed by atoms with E-state index in [4.69, 9.17) is 9.15 Å². The molecule has 0 spiro atoms. The van der Waals surface area contributed by atoms with Crippen molar-refractivity contribution in [3.8, 4) is 0 Å². The smallest absolute Gasteiger partial charge is 0.169 e. The predicted octanol–water partition coefficient (Wildman–Crippen LogP) is 2.40. The highest BCUT2D eigenvalue weighted by atomic mass is 79.9. The number of hydrogen-bond acceptors (Lipinski definition) is 4. The van der Waals surface area contributed by atoms with Crippen LogP contribution in [0.4, 0.5) is 0 Å². The van der Waals surface area contributed by atoms with Crippen LogP contribution in [-0.4, -0.2) is 41.9 Å². The summed E-state index contributed by atoms with van der Waals surface area (Å²) in [5.74, 6) is 1.31. The molecule has 3 atom stereocenters. The lowest BCUT2D eigenvalue weighted by molar-refractivity contribution is -0.0557. The molecule has 106 valence electrons. The zero-order valence-electron chi connectivity index (χ0n) is 10.9. The van der Waals surface area contributed by atoms with Crippen LogP contribution in [0.25, 0.3) is 0 Å². The summed E-state index contributed by atoms with van der Waals surface area (Å²) in [5.41, 5.74) is 0. The number of halogens is 1. The third kappa shape index (κ3) is 3.05. The zero-order valence-corrected chi connectivity index (χ0v) is 12.5. The van der Waals surface area contributed by atoms with Crippen molar-refractivity contribution in [3.63, 3.8) is 0 Å². The molecule has 1 aromatic rings. The van der Waals surface area contributed by atoms with Crippen molar-refractivity contribution in [2.75, 3.05) is 19.8 Å². The van der Waals surface area contributed by atoms with Crippen molar-refractivity contribution in [2.45, 2.75) is 38.0 Å². The third-order valence-corrected chi connectivity index (χ3v) is 4.72. The Bertz CT molecular complexity index is 423. The highest BCUT2D eigenvalue weighted by Crippen LogP contribution is 2.33. The molecule has 1 aliphatic heterocycles. The maximum absolute atomic E-state index is 10.1. The second kappa shape index (κ2) is 5.95. The van der Waals surface area contributed by atoms with Gasteiger partial charge in [-0.1, -0.05) is 6.42 Å². The van der Waals surface area contributed by atoms with Gasteiger partial charge in [0.15, 0.2) is 4.67 Å².